The summed E-state index contributed by atoms with van der Waals surface area (Å²) in [4.78, 5) is 42.4. The van der Waals surface area contributed by atoms with Crippen molar-refractivity contribution in [2.75, 3.05) is 26.2 Å². The fourth-order valence-corrected chi connectivity index (χ4v) is 4.39. The Morgan fingerprint density at radius 2 is 2.07 bits per heavy atom. The molecule has 2 saturated heterocycles. The summed E-state index contributed by atoms with van der Waals surface area (Å²) in [6.07, 6.45) is 2.04. The summed E-state index contributed by atoms with van der Waals surface area (Å²) < 4.78 is 0. The third-order valence-electron chi connectivity index (χ3n) is 5.32. The first-order valence-electron chi connectivity index (χ1n) is 9.57. The van der Waals surface area contributed by atoms with Gasteiger partial charge in [-0.15, -0.1) is 11.3 Å². The number of urea groups is 1. The van der Waals surface area contributed by atoms with Crippen molar-refractivity contribution in [3.05, 3.63) is 22.4 Å². The minimum absolute atomic E-state index is 0.212. The molecule has 1 aromatic rings. The van der Waals surface area contributed by atoms with Crippen LogP contribution in [0.25, 0.3) is 0 Å². The average Bonchev–Trinajstić information content (AvgIpc) is 3.23. The number of imide groups is 1. The molecule has 0 aliphatic carbocycles. The SMILES string of the molecule is CC(C)CCN1C(=O)N(CC(=O)NCc2cccs2)C(=O)C12CCNCC2. The van der Waals surface area contributed by atoms with Crippen LogP contribution in [-0.4, -0.2) is 59.4 Å². The van der Waals surface area contributed by atoms with Gasteiger partial charge in [0.05, 0.1) is 6.54 Å². The lowest BCUT2D eigenvalue weighted by Crippen LogP contribution is -2.56. The molecule has 4 amide bonds. The lowest BCUT2D eigenvalue weighted by molar-refractivity contribution is -0.137. The minimum Gasteiger partial charge on any atom is -0.350 e. The van der Waals surface area contributed by atoms with Gasteiger partial charge >= 0.3 is 6.03 Å². The van der Waals surface area contributed by atoms with Crippen LogP contribution >= 0.6 is 11.3 Å². The van der Waals surface area contributed by atoms with Gasteiger partial charge in [-0.25, -0.2) is 4.79 Å². The Balaban J connectivity index is 1.70. The molecule has 2 fully saturated rings. The van der Waals surface area contributed by atoms with Crippen molar-refractivity contribution in [3.63, 3.8) is 0 Å². The van der Waals surface area contributed by atoms with Gasteiger partial charge in [0.25, 0.3) is 5.91 Å². The van der Waals surface area contributed by atoms with Crippen molar-refractivity contribution in [2.24, 2.45) is 5.92 Å². The summed E-state index contributed by atoms with van der Waals surface area (Å²) in [5, 5.41) is 8.01. The fraction of sp³-hybridized carbons (Fsp3) is 0.632. The van der Waals surface area contributed by atoms with E-state index in [-0.39, 0.29) is 24.4 Å². The number of thiophene rings is 1. The van der Waals surface area contributed by atoms with Gasteiger partial charge in [0.15, 0.2) is 0 Å². The van der Waals surface area contributed by atoms with Gasteiger partial charge in [-0.2, -0.15) is 0 Å². The van der Waals surface area contributed by atoms with Gasteiger partial charge in [-0.05, 0) is 49.7 Å². The van der Waals surface area contributed by atoms with Crippen molar-refractivity contribution in [1.82, 2.24) is 20.4 Å². The van der Waals surface area contributed by atoms with Crippen LogP contribution in [0.3, 0.4) is 0 Å². The van der Waals surface area contributed by atoms with Crippen LogP contribution in [0.15, 0.2) is 17.5 Å². The van der Waals surface area contributed by atoms with Gasteiger partial charge < -0.3 is 15.5 Å². The average molecular weight is 393 g/mol. The molecule has 1 aromatic heterocycles. The topological polar surface area (TPSA) is 81.8 Å². The van der Waals surface area contributed by atoms with Gasteiger partial charge in [0, 0.05) is 11.4 Å². The molecule has 1 spiro atoms. The number of nitrogens with zero attached hydrogens (tertiary/aromatic N) is 2. The van der Waals surface area contributed by atoms with E-state index < -0.39 is 5.54 Å². The summed E-state index contributed by atoms with van der Waals surface area (Å²) in [6, 6.07) is 3.54. The lowest BCUT2D eigenvalue weighted by Gasteiger charge is -2.38. The monoisotopic (exact) mass is 392 g/mol. The molecule has 2 aliphatic rings. The Hall–Kier alpha value is -1.93. The van der Waals surface area contributed by atoms with E-state index in [4.69, 9.17) is 0 Å². The maximum atomic E-state index is 13.2. The Bertz CT molecular complexity index is 683. The summed E-state index contributed by atoms with van der Waals surface area (Å²) >= 11 is 1.56. The van der Waals surface area contributed by atoms with Crippen molar-refractivity contribution in [3.8, 4) is 0 Å². The predicted molar refractivity (Wildman–Crippen MR) is 104 cm³/mol. The number of carbonyl (C=O) groups is 3. The molecule has 2 aliphatic heterocycles. The highest BCUT2D eigenvalue weighted by atomic mass is 32.1. The van der Waals surface area contributed by atoms with E-state index >= 15 is 0 Å². The number of piperidine rings is 1. The molecule has 8 heteroatoms. The van der Waals surface area contributed by atoms with Crippen molar-refractivity contribution < 1.29 is 14.4 Å². The van der Waals surface area contributed by atoms with Gasteiger partial charge in [0.1, 0.15) is 12.1 Å². The van der Waals surface area contributed by atoms with E-state index in [2.05, 4.69) is 24.5 Å². The van der Waals surface area contributed by atoms with E-state index in [1.807, 2.05) is 17.5 Å². The van der Waals surface area contributed by atoms with E-state index in [1.54, 1.807) is 16.2 Å². The second-order valence-electron chi connectivity index (χ2n) is 7.65. The first-order valence-corrected chi connectivity index (χ1v) is 10.5. The molecule has 7 nitrogen and oxygen atoms in total. The summed E-state index contributed by atoms with van der Waals surface area (Å²) in [5.74, 6) is -0.0845. The molecule has 27 heavy (non-hydrogen) atoms. The molecule has 3 rings (SSSR count). The molecular formula is C19H28N4O3S. The quantitative estimate of drug-likeness (QED) is 0.693. The normalized spacial score (nSPS) is 19.4. The molecule has 3 heterocycles. The number of amides is 4. The number of carbonyl (C=O) groups excluding carboxylic acids is 3. The van der Waals surface area contributed by atoms with Crippen LogP contribution in [0.4, 0.5) is 4.79 Å². The summed E-state index contributed by atoms with van der Waals surface area (Å²) in [5.41, 5.74) is -0.786. The lowest BCUT2D eigenvalue weighted by atomic mass is 9.86. The van der Waals surface area contributed by atoms with E-state index in [0.717, 1.165) is 16.2 Å². The highest BCUT2D eigenvalue weighted by Gasteiger charge is 2.57. The van der Waals surface area contributed by atoms with Crippen LogP contribution in [0.5, 0.6) is 0 Å². The van der Waals surface area contributed by atoms with Crippen LogP contribution in [0.1, 0.15) is 38.0 Å². The summed E-state index contributed by atoms with van der Waals surface area (Å²) in [7, 11) is 0. The Morgan fingerprint density at radius 1 is 1.33 bits per heavy atom. The molecule has 0 saturated carbocycles. The predicted octanol–water partition coefficient (Wildman–Crippen LogP) is 1.80. The molecule has 0 unspecified atom stereocenters. The Morgan fingerprint density at radius 3 is 2.70 bits per heavy atom. The first-order chi connectivity index (χ1) is 12.9. The zero-order valence-electron chi connectivity index (χ0n) is 16.0. The molecule has 0 bridgehead atoms. The van der Waals surface area contributed by atoms with Crippen LogP contribution in [-0.2, 0) is 16.1 Å². The number of hydrogen-bond donors (Lipinski definition) is 2. The fourth-order valence-electron chi connectivity index (χ4n) is 3.74. The highest BCUT2D eigenvalue weighted by Crippen LogP contribution is 2.36. The number of nitrogens with one attached hydrogen (secondary N) is 2. The molecule has 148 valence electrons. The second-order valence-corrected chi connectivity index (χ2v) is 8.68. The Kier molecular flexibility index (Phi) is 6.16. The molecule has 2 N–H and O–H groups in total. The van der Waals surface area contributed by atoms with Gasteiger partial charge in [-0.3, -0.25) is 14.5 Å². The zero-order valence-corrected chi connectivity index (χ0v) is 16.8. The molecule has 0 atom stereocenters. The van der Waals surface area contributed by atoms with E-state index in [0.29, 0.717) is 44.9 Å². The minimum atomic E-state index is -0.786. The largest absolute Gasteiger partial charge is 0.350 e. The maximum Gasteiger partial charge on any atom is 0.328 e. The van der Waals surface area contributed by atoms with E-state index in [1.165, 1.54) is 0 Å². The number of rotatable bonds is 7. The highest BCUT2D eigenvalue weighted by molar-refractivity contribution is 7.09. The van der Waals surface area contributed by atoms with E-state index in [9.17, 15) is 14.4 Å². The van der Waals surface area contributed by atoms with Crippen molar-refractivity contribution in [1.29, 1.82) is 0 Å². The maximum absolute atomic E-state index is 13.2. The van der Waals surface area contributed by atoms with Crippen LogP contribution < -0.4 is 10.6 Å². The molecular weight excluding hydrogens is 364 g/mol. The third kappa shape index (κ3) is 4.16. The standard InChI is InChI=1S/C19H28N4O3S/c1-14(2)5-10-23-18(26)22(17(25)19(23)6-8-20-9-7-19)13-16(24)21-12-15-4-3-11-27-15/h3-4,11,14,20H,5-10,12-13H2,1-2H3,(H,21,24). The van der Waals surface area contributed by atoms with Crippen LogP contribution in [0.2, 0.25) is 0 Å². The second kappa shape index (κ2) is 8.39. The number of hydrogen-bond acceptors (Lipinski definition) is 5. The van der Waals surface area contributed by atoms with Gasteiger partial charge in [-0.1, -0.05) is 19.9 Å². The van der Waals surface area contributed by atoms with Crippen LogP contribution in [0, 0.1) is 5.92 Å². The van der Waals surface area contributed by atoms with Crippen molar-refractivity contribution >= 4 is 29.2 Å². The Labute approximate surface area is 164 Å². The smallest absolute Gasteiger partial charge is 0.328 e. The third-order valence-corrected chi connectivity index (χ3v) is 6.20. The van der Waals surface area contributed by atoms with Gasteiger partial charge in [0.2, 0.25) is 5.91 Å². The zero-order chi connectivity index (χ0) is 19.4. The summed E-state index contributed by atoms with van der Waals surface area (Å²) in [6.45, 7) is 6.37. The van der Waals surface area contributed by atoms with Crippen molar-refractivity contribution in [2.45, 2.75) is 45.2 Å². The molecule has 0 aromatic carbocycles. The first kappa shape index (κ1) is 19.8. The molecule has 0 radical (unpaired) electrons.